The van der Waals surface area contributed by atoms with Gasteiger partial charge in [-0.2, -0.15) is 0 Å². The van der Waals surface area contributed by atoms with Crippen molar-refractivity contribution in [2.75, 3.05) is 26.7 Å². The quantitative estimate of drug-likeness (QED) is 0.910. The molecule has 1 heterocycles. The van der Waals surface area contributed by atoms with Gasteiger partial charge in [0.25, 0.3) is 0 Å². The molecule has 2 rings (SSSR count). The van der Waals surface area contributed by atoms with E-state index in [0.717, 1.165) is 6.42 Å². The number of aliphatic carboxylic acids is 1. The van der Waals surface area contributed by atoms with Crippen LogP contribution in [0.5, 0.6) is 0 Å². The summed E-state index contributed by atoms with van der Waals surface area (Å²) in [5.74, 6) is -1.23. The van der Waals surface area contributed by atoms with Crippen LogP contribution in [0.15, 0.2) is 30.3 Å². The van der Waals surface area contributed by atoms with E-state index in [1.165, 1.54) is 5.56 Å². The van der Waals surface area contributed by atoms with Crippen LogP contribution in [0.4, 0.5) is 4.79 Å². The average molecular weight is 276 g/mol. The van der Waals surface area contributed by atoms with Crippen molar-refractivity contribution in [2.45, 2.75) is 12.8 Å². The van der Waals surface area contributed by atoms with E-state index in [9.17, 15) is 9.59 Å². The highest BCUT2D eigenvalue weighted by molar-refractivity contribution is 5.77. The number of hydrogen-bond acceptors (Lipinski definition) is 2. The molecule has 108 valence electrons. The standard InChI is InChI=1S/C15H20N2O3/c1-16(9-7-12-5-3-2-4-6-12)15(20)17-10-8-13(11-17)14(18)19/h2-6,13H,7-11H2,1H3,(H,18,19). The molecular formula is C15H20N2O3. The molecule has 0 spiro atoms. The molecule has 1 fully saturated rings. The van der Waals surface area contributed by atoms with Crippen LogP contribution in [0, 0.1) is 5.92 Å². The van der Waals surface area contributed by atoms with E-state index in [2.05, 4.69) is 0 Å². The summed E-state index contributed by atoms with van der Waals surface area (Å²) in [6, 6.07) is 9.92. The zero-order valence-corrected chi connectivity index (χ0v) is 11.7. The number of rotatable bonds is 4. The summed E-state index contributed by atoms with van der Waals surface area (Å²) in [6.07, 6.45) is 1.35. The molecule has 0 bridgehead atoms. The zero-order chi connectivity index (χ0) is 14.5. The molecule has 1 aromatic rings. The molecular weight excluding hydrogens is 256 g/mol. The molecule has 1 aliphatic heterocycles. The Balaban J connectivity index is 1.82. The Labute approximate surface area is 118 Å². The fourth-order valence-corrected chi connectivity index (χ4v) is 2.41. The van der Waals surface area contributed by atoms with Gasteiger partial charge >= 0.3 is 12.0 Å². The minimum Gasteiger partial charge on any atom is -0.481 e. The third-order valence-electron chi connectivity index (χ3n) is 3.71. The van der Waals surface area contributed by atoms with Crippen molar-refractivity contribution < 1.29 is 14.7 Å². The first-order valence-electron chi connectivity index (χ1n) is 6.84. The molecule has 1 unspecified atom stereocenters. The van der Waals surface area contributed by atoms with Gasteiger partial charge in [0.15, 0.2) is 0 Å². The summed E-state index contributed by atoms with van der Waals surface area (Å²) in [5, 5.41) is 8.95. The van der Waals surface area contributed by atoms with Crippen LogP contribution in [0.25, 0.3) is 0 Å². The number of amides is 2. The molecule has 0 saturated carbocycles. The summed E-state index contributed by atoms with van der Waals surface area (Å²) in [7, 11) is 1.76. The molecule has 1 saturated heterocycles. The van der Waals surface area contributed by atoms with E-state index in [1.807, 2.05) is 30.3 Å². The minimum atomic E-state index is -0.813. The molecule has 1 N–H and O–H groups in total. The van der Waals surface area contributed by atoms with E-state index < -0.39 is 11.9 Å². The number of benzene rings is 1. The predicted molar refractivity (Wildman–Crippen MR) is 75.5 cm³/mol. The molecule has 1 aromatic carbocycles. The van der Waals surface area contributed by atoms with Gasteiger partial charge in [-0.05, 0) is 18.4 Å². The average Bonchev–Trinajstić information content (AvgIpc) is 2.95. The highest BCUT2D eigenvalue weighted by Crippen LogP contribution is 2.17. The van der Waals surface area contributed by atoms with Crippen LogP contribution in [0.3, 0.4) is 0 Å². The number of nitrogens with zero attached hydrogens (tertiary/aromatic N) is 2. The van der Waals surface area contributed by atoms with Crippen molar-refractivity contribution in [3.8, 4) is 0 Å². The lowest BCUT2D eigenvalue weighted by atomic mass is 10.1. The molecule has 0 aliphatic carbocycles. The number of hydrogen-bond donors (Lipinski definition) is 1. The smallest absolute Gasteiger partial charge is 0.319 e. The van der Waals surface area contributed by atoms with E-state index in [4.69, 9.17) is 5.11 Å². The Kier molecular flexibility index (Phi) is 4.61. The van der Waals surface area contributed by atoms with Gasteiger partial charge in [-0.25, -0.2) is 4.79 Å². The first-order valence-corrected chi connectivity index (χ1v) is 6.84. The van der Waals surface area contributed by atoms with Crippen LogP contribution >= 0.6 is 0 Å². The fraction of sp³-hybridized carbons (Fsp3) is 0.467. The molecule has 5 heteroatoms. The minimum absolute atomic E-state index is 0.0790. The summed E-state index contributed by atoms with van der Waals surface area (Å²) in [6.45, 7) is 1.49. The van der Waals surface area contributed by atoms with E-state index in [-0.39, 0.29) is 6.03 Å². The van der Waals surface area contributed by atoms with Crippen molar-refractivity contribution in [1.82, 2.24) is 9.80 Å². The van der Waals surface area contributed by atoms with Gasteiger partial charge in [0, 0.05) is 26.7 Å². The van der Waals surface area contributed by atoms with Crippen LogP contribution in [-0.4, -0.2) is 53.6 Å². The van der Waals surface area contributed by atoms with Crippen molar-refractivity contribution in [2.24, 2.45) is 5.92 Å². The lowest BCUT2D eigenvalue weighted by Gasteiger charge is -2.24. The normalized spacial score (nSPS) is 18.1. The van der Waals surface area contributed by atoms with Crippen LogP contribution in [0.1, 0.15) is 12.0 Å². The van der Waals surface area contributed by atoms with Crippen molar-refractivity contribution in [3.63, 3.8) is 0 Å². The van der Waals surface area contributed by atoms with E-state index in [0.29, 0.717) is 26.1 Å². The van der Waals surface area contributed by atoms with Gasteiger partial charge in [0.1, 0.15) is 0 Å². The van der Waals surface area contributed by atoms with E-state index >= 15 is 0 Å². The van der Waals surface area contributed by atoms with E-state index in [1.54, 1.807) is 16.8 Å². The Hall–Kier alpha value is -2.04. The second kappa shape index (κ2) is 6.41. The molecule has 1 atom stereocenters. The summed E-state index contributed by atoms with van der Waals surface area (Å²) in [4.78, 5) is 26.4. The van der Waals surface area contributed by atoms with Gasteiger partial charge < -0.3 is 14.9 Å². The van der Waals surface area contributed by atoms with Crippen molar-refractivity contribution in [3.05, 3.63) is 35.9 Å². The number of urea groups is 1. The number of likely N-dealkylation sites (N-methyl/N-ethyl adjacent to an activating group) is 1. The second-order valence-electron chi connectivity index (χ2n) is 5.21. The first-order chi connectivity index (χ1) is 9.58. The lowest BCUT2D eigenvalue weighted by Crippen LogP contribution is -2.41. The van der Waals surface area contributed by atoms with Gasteiger partial charge in [-0.3, -0.25) is 4.79 Å². The van der Waals surface area contributed by atoms with Crippen molar-refractivity contribution in [1.29, 1.82) is 0 Å². The van der Waals surface area contributed by atoms with Crippen LogP contribution in [0.2, 0.25) is 0 Å². The van der Waals surface area contributed by atoms with Gasteiger partial charge in [0.2, 0.25) is 0 Å². The topological polar surface area (TPSA) is 60.9 Å². The molecule has 0 aromatic heterocycles. The fourth-order valence-electron chi connectivity index (χ4n) is 2.41. The number of likely N-dealkylation sites (tertiary alicyclic amines) is 1. The maximum atomic E-state index is 12.2. The largest absolute Gasteiger partial charge is 0.481 e. The van der Waals surface area contributed by atoms with Crippen LogP contribution < -0.4 is 0 Å². The maximum Gasteiger partial charge on any atom is 0.319 e. The monoisotopic (exact) mass is 276 g/mol. The predicted octanol–water partition coefficient (Wildman–Crippen LogP) is 1.69. The summed E-state index contributed by atoms with van der Waals surface area (Å²) >= 11 is 0. The Bertz CT molecular complexity index is 475. The maximum absolute atomic E-state index is 12.2. The Morgan fingerprint density at radius 3 is 2.65 bits per heavy atom. The van der Waals surface area contributed by atoms with Gasteiger partial charge in [-0.15, -0.1) is 0 Å². The highest BCUT2D eigenvalue weighted by Gasteiger charge is 2.31. The third kappa shape index (κ3) is 3.50. The first kappa shape index (κ1) is 14.4. The number of carboxylic acids is 1. The molecule has 1 aliphatic rings. The zero-order valence-electron chi connectivity index (χ0n) is 11.7. The number of carbonyl (C=O) groups is 2. The Morgan fingerprint density at radius 2 is 2.05 bits per heavy atom. The highest BCUT2D eigenvalue weighted by atomic mass is 16.4. The molecule has 5 nitrogen and oxygen atoms in total. The molecule has 20 heavy (non-hydrogen) atoms. The van der Waals surface area contributed by atoms with Gasteiger partial charge in [0.05, 0.1) is 5.92 Å². The van der Waals surface area contributed by atoms with Gasteiger partial charge in [-0.1, -0.05) is 30.3 Å². The Morgan fingerprint density at radius 1 is 1.35 bits per heavy atom. The lowest BCUT2D eigenvalue weighted by molar-refractivity contribution is -0.141. The molecule has 0 radical (unpaired) electrons. The number of carboxylic acid groups (broad SMARTS) is 1. The SMILES string of the molecule is CN(CCc1ccccc1)C(=O)N1CCC(C(=O)O)C1. The number of carbonyl (C=O) groups excluding carboxylic acids is 1. The van der Waals surface area contributed by atoms with Crippen LogP contribution in [-0.2, 0) is 11.2 Å². The third-order valence-corrected chi connectivity index (χ3v) is 3.71. The van der Waals surface area contributed by atoms with Crippen molar-refractivity contribution >= 4 is 12.0 Å². The molecule has 2 amide bonds. The second-order valence-corrected chi connectivity index (χ2v) is 5.21. The summed E-state index contributed by atoms with van der Waals surface area (Å²) < 4.78 is 0. The summed E-state index contributed by atoms with van der Waals surface area (Å²) in [5.41, 5.74) is 1.19.